The van der Waals surface area contributed by atoms with Crippen molar-refractivity contribution < 1.29 is 18.0 Å². The van der Waals surface area contributed by atoms with E-state index in [1.807, 2.05) is 30.3 Å². The van der Waals surface area contributed by atoms with Gasteiger partial charge in [0.2, 0.25) is 0 Å². The number of alkyl halides is 3. The van der Waals surface area contributed by atoms with Crippen molar-refractivity contribution in [2.75, 3.05) is 0 Å². The van der Waals surface area contributed by atoms with Gasteiger partial charge in [0.15, 0.2) is 0 Å². The van der Waals surface area contributed by atoms with E-state index in [4.69, 9.17) is 0 Å². The highest BCUT2D eigenvalue weighted by Crippen LogP contribution is 2.31. The third-order valence-electron chi connectivity index (χ3n) is 3.58. The second-order valence-electron chi connectivity index (χ2n) is 5.23. The fourth-order valence-corrected chi connectivity index (χ4v) is 2.44. The third kappa shape index (κ3) is 3.22. The zero-order valence-electron chi connectivity index (χ0n) is 12.5. The molecule has 0 saturated heterocycles. The molecular formula is C18H13F3N2O. The summed E-state index contributed by atoms with van der Waals surface area (Å²) < 4.78 is 40.0. The summed E-state index contributed by atoms with van der Waals surface area (Å²) in [5.41, 5.74) is 1.60. The van der Waals surface area contributed by atoms with Gasteiger partial charge in [0.1, 0.15) is 6.29 Å². The van der Waals surface area contributed by atoms with Gasteiger partial charge in [-0.1, -0.05) is 36.4 Å². The molecule has 0 aliphatic rings. The second-order valence-corrected chi connectivity index (χ2v) is 5.23. The van der Waals surface area contributed by atoms with E-state index in [1.54, 1.807) is 12.3 Å². The Labute approximate surface area is 136 Å². The molecule has 122 valence electrons. The Hall–Kier alpha value is -2.89. The minimum atomic E-state index is -4.42. The molecule has 0 spiro atoms. The van der Waals surface area contributed by atoms with Crippen LogP contribution < -0.4 is 0 Å². The molecule has 24 heavy (non-hydrogen) atoms. The molecule has 1 aromatic heterocycles. The molecule has 0 bridgehead atoms. The molecule has 2 aromatic carbocycles. The van der Waals surface area contributed by atoms with Gasteiger partial charge < -0.3 is 4.79 Å². The zero-order chi connectivity index (χ0) is 17.2. The summed E-state index contributed by atoms with van der Waals surface area (Å²) in [5.74, 6) is 0. The molecule has 3 aromatic rings. The highest BCUT2D eigenvalue weighted by Gasteiger charge is 2.30. The first-order valence-corrected chi connectivity index (χ1v) is 7.24. The van der Waals surface area contributed by atoms with E-state index >= 15 is 0 Å². The van der Waals surface area contributed by atoms with Crippen LogP contribution in [0.25, 0.3) is 16.9 Å². The Bertz CT molecular complexity index is 854. The molecule has 0 aliphatic heterocycles. The molecule has 0 unspecified atom stereocenters. The fraction of sp³-hybridized carbons (Fsp3) is 0.111. The number of aromatic nitrogens is 2. The molecule has 0 radical (unpaired) electrons. The van der Waals surface area contributed by atoms with E-state index < -0.39 is 11.7 Å². The summed E-state index contributed by atoms with van der Waals surface area (Å²) in [7, 11) is 0. The van der Waals surface area contributed by atoms with Crippen molar-refractivity contribution in [3.05, 3.63) is 71.9 Å². The highest BCUT2D eigenvalue weighted by atomic mass is 19.4. The number of aldehydes is 1. The predicted octanol–water partition coefficient (Wildman–Crippen LogP) is 4.30. The van der Waals surface area contributed by atoms with E-state index in [-0.39, 0.29) is 6.42 Å². The minimum Gasteiger partial charge on any atom is -0.303 e. The minimum absolute atomic E-state index is 0.142. The van der Waals surface area contributed by atoms with Crippen LogP contribution in [0.2, 0.25) is 0 Å². The number of benzene rings is 2. The van der Waals surface area contributed by atoms with Crippen LogP contribution in [0.15, 0.2) is 60.8 Å². The van der Waals surface area contributed by atoms with Gasteiger partial charge in [-0.3, -0.25) is 0 Å². The Morgan fingerprint density at radius 2 is 1.79 bits per heavy atom. The smallest absolute Gasteiger partial charge is 0.303 e. The molecule has 3 nitrogen and oxygen atoms in total. The Kier molecular flexibility index (Phi) is 4.20. The molecule has 0 fully saturated rings. The van der Waals surface area contributed by atoms with Gasteiger partial charge >= 0.3 is 6.18 Å². The molecule has 3 rings (SSSR count). The van der Waals surface area contributed by atoms with Crippen LogP contribution in [0, 0.1) is 0 Å². The average Bonchev–Trinajstić information content (AvgIpc) is 2.99. The summed E-state index contributed by atoms with van der Waals surface area (Å²) in [4.78, 5) is 10.9. The van der Waals surface area contributed by atoms with Crippen LogP contribution >= 0.6 is 0 Å². The molecule has 1 heterocycles. The Morgan fingerprint density at radius 1 is 1.04 bits per heavy atom. The van der Waals surface area contributed by atoms with E-state index in [9.17, 15) is 18.0 Å². The van der Waals surface area contributed by atoms with Crippen LogP contribution in [-0.2, 0) is 17.4 Å². The molecule has 0 aliphatic carbocycles. The third-order valence-corrected chi connectivity index (χ3v) is 3.58. The number of carbonyl (C=O) groups is 1. The lowest BCUT2D eigenvalue weighted by Gasteiger charge is -2.08. The monoisotopic (exact) mass is 330 g/mol. The van der Waals surface area contributed by atoms with Gasteiger partial charge in [0.25, 0.3) is 0 Å². The Balaban J connectivity index is 2.08. The van der Waals surface area contributed by atoms with Crippen LogP contribution in [0.1, 0.15) is 11.1 Å². The standard InChI is InChI=1S/C18H13F3N2O/c19-18(20,21)15-7-4-8-16(11-15)23-12-14(9-10-24)17(22-23)13-5-2-1-3-6-13/h1-8,10-12H,9H2. The quantitative estimate of drug-likeness (QED) is 0.669. The van der Waals surface area contributed by atoms with Crippen molar-refractivity contribution >= 4 is 6.29 Å². The number of hydrogen-bond donors (Lipinski definition) is 0. The summed E-state index contributed by atoms with van der Waals surface area (Å²) in [5, 5.41) is 4.38. The van der Waals surface area contributed by atoms with Gasteiger partial charge in [-0.25, -0.2) is 4.68 Å². The maximum atomic E-state index is 12.9. The first kappa shape index (κ1) is 16.0. The summed E-state index contributed by atoms with van der Waals surface area (Å²) in [6.07, 6.45) is -1.94. The topological polar surface area (TPSA) is 34.9 Å². The molecule has 0 atom stereocenters. The van der Waals surface area contributed by atoms with Crippen molar-refractivity contribution in [2.24, 2.45) is 0 Å². The summed E-state index contributed by atoms with van der Waals surface area (Å²) >= 11 is 0. The summed E-state index contributed by atoms with van der Waals surface area (Å²) in [6.45, 7) is 0. The second kappa shape index (κ2) is 6.31. The van der Waals surface area contributed by atoms with E-state index in [1.165, 1.54) is 10.7 Å². The zero-order valence-corrected chi connectivity index (χ0v) is 12.5. The van der Waals surface area contributed by atoms with Crippen molar-refractivity contribution in [1.29, 1.82) is 0 Å². The predicted molar refractivity (Wildman–Crippen MR) is 83.8 cm³/mol. The largest absolute Gasteiger partial charge is 0.416 e. The summed E-state index contributed by atoms with van der Waals surface area (Å²) in [6, 6.07) is 14.1. The first-order chi connectivity index (χ1) is 11.5. The lowest BCUT2D eigenvalue weighted by molar-refractivity contribution is -0.137. The van der Waals surface area contributed by atoms with Crippen molar-refractivity contribution in [3.63, 3.8) is 0 Å². The van der Waals surface area contributed by atoms with Gasteiger partial charge in [-0.15, -0.1) is 0 Å². The van der Waals surface area contributed by atoms with Crippen molar-refractivity contribution in [3.8, 4) is 16.9 Å². The number of rotatable bonds is 4. The van der Waals surface area contributed by atoms with Gasteiger partial charge in [-0.05, 0) is 18.2 Å². The SMILES string of the molecule is O=CCc1cn(-c2cccc(C(F)(F)F)c2)nc1-c1ccccc1. The number of halogens is 3. The normalized spacial score (nSPS) is 11.5. The van der Waals surface area contributed by atoms with Crippen molar-refractivity contribution in [1.82, 2.24) is 9.78 Å². The number of nitrogens with zero attached hydrogens (tertiary/aromatic N) is 2. The van der Waals surface area contributed by atoms with Crippen LogP contribution in [0.4, 0.5) is 13.2 Å². The molecule has 6 heteroatoms. The van der Waals surface area contributed by atoms with E-state index in [2.05, 4.69) is 5.10 Å². The average molecular weight is 330 g/mol. The van der Waals surface area contributed by atoms with Crippen molar-refractivity contribution in [2.45, 2.75) is 12.6 Å². The Morgan fingerprint density at radius 3 is 2.46 bits per heavy atom. The van der Waals surface area contributed by atoms with E-state index in [0.717, 1.165) is 24.0 Å². The number of carbonyl (C=O) groups excluding carboxylic acids is 1. The van der Waals surface area contributed by atoms with Crippen LogP contribution in [0.3, 0.4) is 0 Å². The maximum Gasteiger partial charge on any atom is 0.416 e. The fourth-order valence-electron chi connectivity index (χ4n) is 2.44. The molecule has 0 saturated carbocycles. The van der Waals surface area contributed by atoms with Gasteiger partial charge in [0.05, 0.1) is 16.9 Å². The maximum absolute atomic E-state index is 12.9. The first-order valence-electron chi connectivity index (χ1n) is 7.24. The van der Waals surface area contributed by atoms with Crippen LogP contribution in [-0.4, -0.2) is 16.1 Å². The van der Waals surface area contributed by atoms with Crippen LogP contribution in [0.5, 0.6) is 0 Å². The molecule has 0 amide bonds. The molecular weight excluding hydrogens is 317 g/mol. The highest BCUT2D eigenvalue weighted by molar-refractivity contribution is 5.68. The number of hydrogen-bond acceptors (Lipinski definition) is 2. The van der Waals surface area contributed by atoms with E-state index in [0.29, 0.717) is 16.9 Å². The lowest BCUT2D eigenvalue weighted by Crippen LogP contribution is -2.06. The van der Waals surface area contributed by atoms with Gasteiger partial charge in [0, 0.05) is 23.7 Å². The lowest BCUT2D eigenvalue weighted by atomic mass is 10.1. The van der Waals surface area contributed by atoms with Gasteiger partial charge in [-0.2, -0.15) is 18.3 Å². The molecule has 0 N–H and O–H groups in total.